The molecule has 0 aromatic heterocycles. The molecule has 0 spiro atoms. The fourth-order valence-electron chi connectivity index (χ4n) is 1.80. The van der Waals surface area contributed by atoms with Crippen LogP contribution in [0.1, 0.15) is 26.7 Å². The van der Waals surface area contributed by atoms with Gasteiger partial charge in [-0.05, 0) is 45.7 Å². The van der Waals surface area contributed by atoms with Crippen molar-refractivity contribution in [3.05, 3.63) is 0 Å². The molecule has 0 aliphatic heterocycles. The monoisotopic (exact) mass is 209 g/mol. The van der Waals surface area contributed by atoms with Crippen molar-refractivity contribution in [1.82, 2.24) is 10.2 Å². The maximum atomic E-state index is 9.00. The predicted octanol–water partition coefficient (Wildman–Crippen LogP) is 1.47. The lowest BCUT2D eigenvalue weighted by Crippen LogP contribution is -2.41. The number of nitrogens with one attached hydrogen (secondary N) is 1. The lowest BCUT2D eigenvalue weighted by atomic mass is 10.00. The summed E-state index contributed by atoms with van der Waals surface area (Å²) in [6, 6.07) is 2.32. The highest BCUT2D eigenvalue weighted by atomic mass is 15.1. The molecule has 1 aliphatic carbocycles. The van der Waals surface area contributed by atoms with Crippen LogP contribution < -0.4 is 5.32 Å². The minimum Gasteiger partial charge on any atom is -0.306 e. The average molecular weight is 209 g/mol. The highest BCUT2D eigenvalue weighted by Crippen LogP contribution is 2.37. The highest BCUT2D eigenvalue weighted by molar-refractivity contribution is 5.03. The van der Waals surface area contributed by atoms with E-state index in [4.69, 9.17) is 5.26 Å². The second kappa shape index (κ2) is 4.96. The maximum absolute atomic E-state index is 9.00. The van der Waals surface area contributed by atoms with Gasteiger partial charge in [0.25, 0.3) is 0 Å². The number of nitrogens with zero attached hydrogens (tertiary/aromatic N) is 2. The molecule has 0 bridgehead atoms. The molecule has 1 N–H and O–H groups in total. The van der Waals surface area contributed by atoms with E-state index >= 15 is 0 Å². The minimum atomic E-state index is -0.372. The van der Waals surface area contributed by atoms with Crippen LogP contribution in [0.4, 0.5) is 0 Å². The van der Waals surface area contributed by atoms with Gasteiger partial charge >= 0.3 is 0 Å². The van der Waals surface area contributed by atoms with Gasteiger partial charge in [-0.1, -0.05) is 6.92 Å². The molecule has 0 heterocycles. The summed E-state index contributed by atoms with van der Waals surface area (Å²) in [5, 5.41) is 12.1. The Morgan fingerprint density at radius 2 is 2.20 bits per heavy atom. The van der Waals surface area contributed by atoms with Crippen LogP contribution in [-0.4, -0.2) is 37.6 Å². The molecule has 1 rings (SSSR count). The van der Waals surface area contributed by atoms with Crippen molar-refractivity contribution in [3.8, 4) is 6.07 Å². The lowest BCUT2D eigenvalue weighted by molar-refractivity contribution is 0.281. The fourth-order valence-corrected chi connectivity index (χ4v) is 1.80. The van der Waals surface area contributed by atoms with Gasteiger partial charge in [-0.2, -0.15) is 5.26 Å². The van der Waals surface area contributed by atoms with Gasteiger partial charge in [-0.25, -0.2) is 0 Å². The van der Waals surface area contributed by atoms with Crippen LogP contribution in [0.15, 0.2) is 0 Å². The largest absolute Gasteiger partial charge is 0.306 e. The van der Waals surface area contributed by atoms with Crippen molar-refractivity contribution >= 4 is 0 Å². The maximum Gasteiger partial charge on any atom is 0.104 e. The number of rotatable bonds is 6. The van der Waals surface area contributed by atoms with Crippen LogP contribution in [-0.2, 0) is 0 Å². The van der Waals surface area contributed by atoms with Gasteiger partial charge in [0.05, 0.1) is 6.07 Å². The van der Waals surface area contributed by atoms with Gasteiger partial charge < -0.3 is 10.2 Å². The first-order valence-electron chi connectivity index (χ1n) is 5.79. The molecule has 0 amide bonds. The van der Waals surface area contributed by atoms with E-state index in [0.717, 1.165) is 24.8 Å². The molecular weight excluding hydrogens is 186 g/mol. The average Bonchev–Trinajstić information content (AvgIpc) is 2.91. The lowest BCUT2D eigenvalue weighted by Gasteiger charge is -2.24. The van der Waals surface area contributed by atoms with Crippen molar-refractivity contribution < 1.29 is 0 Å². The van der Waals surface area contributed by atoms with Gasteiger partial charge in [-0.15, -0.1) is 0 Å². The van der Waals surface area contributed by atoms with Crippen LogP contribution in [0, 0.1) is 23.2 Å². The van der Waals surface area contributed by atoms with E-state index in [-0.39, 0.29) is 5.54 Å². The molecule has 0 radical (unpaired) electrons. The van der Waals surface area contributed by atoms with E-state index in [2.05, 4.69) is 30.3 Å². The molecule has 3 nitrogen and oxygen atoms in total. The second-order valence-electron chi connectivity index (χ2n) is 5.18. The van der Waals surface area contributed by atoms with Gasteiger partial charge in [0.2, 0.25) is 0 Å². The Bertz CT molecular complexity index is 246. The van der Waals surface area contributed by atoms with E-state index in [1.807, 2.05) is 14.0 Å². The Balaban J connectivity index is 2.21. The molecule has 15 heavy (non-hydrogen) atoms. The molecule has 0 aromatic rings. The Labute approximate surface area is 93.5 Å². The smallest absolute Gasteiger partial charge is 0.104 e. The van der Waals surface area contributed by atoms with E-state index in [9.17, 15) is 0 Å². The summed E-state index contributed by atoms with van der Waals surface area (Å²) in [6.07, 6.45) is 2.27. The SMILES string of the molecule is CNC(C)(C#N)CCN(C)CC1CC1C. The van der Waals surface area contributed by atoms with E-state index in [1.54, 1.807) is 0 Å². The number of hydrogen-bond acceptors (Lipinski definition) is 3. The molecule has 3 atom stereocenters. The molecule has 1 fully saturated rings. The normalized spacial score (nSPS) is 28.5. The Morgan fingerprint density at radius 3 is 2.60 bits per heavy atom. The standard InChI is InChI=1S/C12H23N3/c1-10-7-11(10)8-15(4)6-5-12(2,9-13)14-3/h10-11,14H,5-8H2,1-4H3. The summed E-state index contributed by atoms with van der Waals surface area (Å²) in [4.78, 5) is 2.35. The quantitative estimate of drug-likeness (QED) is 0.720. The topological polar surface area (TPSA) is 39.1 Å². The van der Waals surface area contributed by atoms with Crippen molar-refractivity contribution in [2.75, 3.05) is 27.2 Å². The van der Waals surface area contributed by atoms with E-state index in [0.29, 0.717) is 0 Å². The van der Waals surface area contributed by atoms with Crippen LogP contribution in [0.2, 0.25) is 0 Å². The zero-order valence-corrected chi connectivity index (χ0v) is 10.4. The minimum absolute atomic E-state index is 0.372. The summed E-state index contributed by atoms with van der Waals surface area (Å²) in [5.74, 6) is 1.82. The highest BCUT2D eigenvalue weighted by Gasteiger charge is 2.33. The predicted molar refractivity (Wildman–Crippen MR) is 62.5 cm³/mol. The van der Waals surface area contributed by atoms with Crippen LogP contribution in [0.25, 0.3) is 0 Å². The molecule has 86 valence electrons. The van der Waals surface area contributed by atoms with Crippen molar-refractivity contribution in [1.29, 1.82) is 5.26 Å². The van der Waals surface area contributed by atoms with Crippen molar-refractivity contribution in [2.45, 2.75) is 32.2 Å². The summed E-state index contributed by atoms with van der Waals surface area (Å²) < 4.78 is 0. The van der Waals surface area contributed by atoms with Gasteiger partial charge in [0.1, 0.15) is 5.54 Å². The first kappa shape index (κ1) is 12.5. The first-order chi connectivity index (χ1) is 7.00. The van der Waals surface area contributed by atoms with Crippen LogP contribution in [0.5, 0.6) is 0 Å². The van der Waals surface area contributed by atoms with Gasteiger partial charge in [-0.3, -0.25) is 0 Å². The fraction of sp³-hybridized carbons (Fsp3) is 0.917. The molecule has 0 aromatic carbocycles. The molecule has 1 aliphatic rings. The summed E-state index contributed by atoms with van der Waals surface area (Å²) in [5.41, 5.74) is -0.372. The molecule has 1 saturated carbocycles. The third-order valence-electron chi connectivity index (χ3n) is 3.61. The summed E-state index contributed by atoms with van der Waals surface area (Å²) in [6.45, 7) is 6.45. The zero-order chi connectivity index (χ0) is 11.5. The molecule has 3 heteroatoms. The summed E-state index contributed by atoms with van der Waals surface area (Å²) >= 11 is 0. The van der Waals surface area contributed by atoms with Crippen LogP contribution >= 0.6 is 0 Å². The number of hydrogen-bond donors (Lipinski definition) is 1. The Hall–Kier alpha value is -0.590. The molecular formula is C12H23N3. The summed E-state index contributed by atoms with van der Waals surface area (Å²) in [7, 11) is 4.00. The molecule has 3 unspecified atom stereocenters. The third-order valence-corrected chi connectivity index (χ3v) is 3.61. The Morgan fingerprint density at radius 1 is 1.60 bits per heavy atom. The molecule has 0 saturated heterocycles. The van der Waals surface area contributed by atoms with Gasteiger partial charge in [0, 0.05) is 13.1 Å². The van der Waals surface area contributed by atoms with Gasteiger partial charge in [0.15, 0.2) is 0 Å². The number of nitriles is 1. The van der Waals surface area contributed by atoms with E-state index < -0.39 is 0 Å². The van der Waals surface area contributed by atoms with Crippen LogP contribution in [0.3, 0.4) is 0 Å². The van der Waals surface area contributed by atoms with Crippen molar-refractivity contribution in [3.63, 3.8) is 0 Å². The first-order valence-corrected chi connectivity index (χ1v) is 5.79. The third kappa shape index (κ3) is 3.81. The second-order valence-corrected chi connectivity index (χ2v) is 5.18. The van der Waals surface area contributed by atoms with E-state index in [1.165, 1.54) is 13.0 Å². The zero-order valence-electron chi connectivity index (χ0n) is 10.4. The Kier molecular flexibility index (Phi) is 4.12. The van der Waals surface area contributed by atoms with Crippen molar-refractivity contribution in [2.24, 2.45) is 11.8 Å².